The van der Waals surface area contributed by atoms with Crippen molar-refractivity contribution in [3.63, 3.8) is 0 Å². The molecule has 0 aromatic heterocycles. The van der Waals surface area contributed by atoms with E-state index >= 15 is 0 Å². The fraction of sp³-hybridized carbons (Fsp3) is 0.731. The van der Waals surface area contributed by atoms with Crippen molar-refractivity contribution in [2.75, 3.05) is 43.0 Å². The largest absolute Gasteiger partial charge is 0.394 e. The van der Waals surface area contributed by atoms with Crippen LogP contribution in [0.1, 0.15) is 51.0 Å². The maximum Gasteiger partial charge on any atom is 0.220 e. The lowest BCUT2D eigenvalue weighted by molar-refractivity contribution is -0.270. The van der Waals surface area contributed by atoms with Crippen LogP contribution in [-0.4, -0.2) is 89.9 Å². The number of halogens is 2. The van der Waals surface area contributed by atoms with Crippen LogP contribution in [0.2, 0.25) is 0 Å². The molecule has 0 aliphatic carbocycles. The number of nitrogens with one attached hydrogen (secondary N) is 1. The molecule has 0 saturated carbocycles. The highest BCUT2D eigenvalue weighted by Crippen LogP contribution is 2.23. The van der Waals surface area contributed by atoms with Gasteiger partial charge in [0.2, 0.25) is 5.91 Å². The van der Waals surface area contributed by atoms with Gasteiger partial charge < -0.3 is 35.0 Å². The molecule has 10 heteroatoms. The van der Waals surface area contributed by atoms with E-state index in [4.69, 9.17) is 32.7 Å². The standard InChI is InChI=1S/C26H42Cl2N2O6/c1-2-3-4-5-17-35-26-23(25(34)24(33)21(18-31)36-26)29-22(32)8-6-7-19-9-11-20(12-10-19)30(15-13-27)16-14-28/h9-12,21,23-26,31,33-34H,2-8,13-18H2,1H3,(H,29,32)/t21-,23-,24-,25-,26-/m1/s1. The summed E-state index contributed by atoms with van der Waals surface area (Å²) >= 11 is 11.8. The summed E-state index contributed by atoms with van der Waals surface area (Å²) in [5.41, 5.74) is 2.17. The number of nitrogens with zero attached hydrogens (tertiary/aromatic N) is 1. The van der Waals surface area contributed by atoms with Crippen LogP contribution < -0.4 is 10.2 Å². The fourth-order valence-corrected chi connectivity index (χ4v) is 4.67. The first-order valence-electron chi connectivity index (χ1n) is 12.9. The van der Waals surface area contributed by atoms with Crippen LogP contribution in [0.5, 0.6) is 0 Å². The number of hydrogen-bond donors (Lipinski definition) is 4. The number of unbranched alkanes of at least 4 members (excludes halogenated alkanes) is 3. The minimum absolute atomic E-state index is 0.248. The summed E-state index contributed by atoms with van der Waals surface area (Å²) in [6.07, 6.45) is 1.06. The predicted molar refractivity (Wildman–Crippen MR) is 143 cm³/mol. The summed E-state index contributed by atoms with van der Waals surface area (Å²) < 4.78 is 11.5. The Balaban J connectivity index is 1.86. The molecular formula is C26H42Cl2N2O6. The van der Waals surface area contributed by atoms with Crippen LogP contribution in [0.15, 0.2) is 24.3 Å². The number of rotatable bonds is 17. The lowest BCUT2D eigenvalue weighted by Crippen LogP contribution is -2.64. The number of amides is 1. The van der Waals surface area contributed by atoms with Crippen LogP contribution in [0.25, 0.3) is 0 Å². The number of carbonyl (C=O) groups is 1. The van der Waals surface area contributed by atoms with Crippen molar-refractivity contribution in [3.05, 3.63) is 29.8 Å². The Bertz CT molecular complexity index is 736. The molecule has 1 heterocycles. The number of aliphatic hydroxyl groups is 3. The average Bonchev–Trinajstić information content (AvgIpc) is 2.88. The van der Waals surface area contributed by atoms with Gasteiger partial charge in [-0.3, -0.25) is 4.79 Å². The molecule has 4 N–H and O–H groups in total. The fourth-order valence-electron chi connectivity index (χ4n) is 4.27. The second-order valence-corrected chi connectivity index (χ2v) is 9.87. The molecular weight excluding hydrogens is 507 g/mol. The Morgan fingerprint density at radius 1 is 1.06 bits per heavy atom. The number of ether oxygens (including phenoxy) is 2. The van der Waals surface area contributed by atoms with E-state index in [1.807, 2.05) is 24.3 Å². The third-order valence-corrected chi connectivity index (χ3v) is 6.71. The zero-order valence-electron chi connectivity index (χ0n) is 21.2. The Kier molecular flexibility index (Phi) is 15.0. The molecule has 5 atom stereocenters. The minimum atomic E-state index is -1.32. The van der Waals surface area contributed by atoms with Gasteiger partial charge in [-0.25, -0.2) is 0 Å². The monoisotopic (exact) mass is 548 g/mol. The molecule has 0 unspecified atom stereocenters. The molecule has 1 saturated heterocycles. The second-order valence-electron chi connectivity index (χ2n) is 9.12. The van der Waals surface area contributed by atoms with Gasteiger partial charge in [0.25, 0.3) is 0 Å². The third-order valence-electron chi connectivity index (χ3n) is 6.37. The maximum atomic E-state index is 12.7. The van der Waals surface area contributed by atoms with Crippen molar-refractivity contribution in [3.8, 4) is 0 Å². The Hall–Kier alpha value is -1.13. The number of alkyl halides is 2. The molecule has 1 amide bonds. The highest BCUT2D eigenvalue weighted by molar-refractivity contribution is 6.18. The van der Waals surface area contributed by atoms with Gasteiger partial charge >= 0.3 is 0 Å². The molecule has 0 radical (unpaired) electrons. The Morgan fingerprint density at radius 3 is 2.36 bits per heavy atom. The van der Waals surface area contributed by atoms with Gasteiger partial charge in [0.15, 0.2) is 6.29 Å². The highest BCUT2D eigenvalue weighted by Gasteiger charge is 2.45. The number of hydrogen-bond acceptors (Lipinski definition) is 7. The summed E-state index contributed by atoms with van der Waals surface area (Å²) in [5.74, 6) is 0.789. The number of aryl methyl sites for hydroxylation is 1. The average molecular weight is 550 g/mol. The maximum absolute atomic E-state index is 12.7. The van der Waals surface area contributed by atoms with Crippen molar-refractivity contribution in [2.45, 2.75) is 82.5 Å². The molecule has 1 aliphatic rings. The van der Waals surface area contributed by atoms with Crippen molar-refractivity contribution in [2.24, 2.45) is 0 Å². The molecule has 1 aromatic carbocycles. The smallest absolute Gasteiger partial charge is 0.220 e. The molecule has 2 rings (SSSR count). The molecule has 0 bridgehead atoms. The first-order chi connectivity index (χ1) is 17.4. The van der Waals surface area contributed by atoms with Gasteiger partial charge in [-0.15, -0.1) is 23.2 Å². The van der Waals surface area contributed by atoms with E-state index in [0.717, 1.165) is 56.4 Å². The summed E-state index contributed by atoms with van der Waals surface area (Å²) in [6, 6.07) is 7.22. The van der Waals surface area contributed by atoms with Gasteiger partial charge in [-0.05, 0) is 37.0 Å². The lowest BCUT2D eigenvalue weighted by atomic mass is 9.96. The molecule has 206 valence electrons. The first-order valence-corrected chi connectivity index (χ1v) is 14.0. The minimum Gasteiger partial charge on any atom is -0.394 e. The number of anilines is 1. The Labute approximate surface area is 224 Å². The molecule has 8 nitrogen and oxygen atoms in total. The molecule has 1 aromatic rings. The summed E-state index contributed by atoms with van der Waals surface area (Å²) in [7, 11) is 0. The van der Waals surface area contributed by atoms with Crippen molar-refractivity contribution >= 4 is 34.8 Å². The van der Waals surface area contributed by atoms with Gasteiger partial charge in [-0.2, -0.15) is 0 Å². The number of carbonyl (C=O) groups excluding carboxylic acids is 1. The van der Waals surface area contributed by atoms with E-state index in [1.54, 1.807) is 0 Å². The summed E-state index contributed by atoms with van der Waals surface area (Å²) in [4.78, 5) is 14.8. The number of aliphatic hydroxyl groups excluding tert-OH is 3. The SMILES string of the molecule is CCCCCCO[C@@H]1O[C@H](CO)[C@@H](O)[C@H](O)[C@H]1NC(=O)CCCc1ccc(N(CCCl)CCCl)cc1. The van der Waals surface area contributed by atoms with Crippen LogP contribution in [-0.2, 0) is 20.7 Å². The van der Waals surface area contributed by atoms with E-state index in [-0.39, 0.29) is 12.3 Å². The number of benzene rings is 1. The van der Waals surface area contributed by atoms with E-state index in [1.165, 1.54) is 0 Å². The summed E-state index contributed by atoms with van der Waals surface area (Å²) in [6.45, 7) is 3.52. The van der Waals surface area contributed by atoms with Crippen molar-refractivity contribution in [1.29, 1.82) is 0 Å². The van der Waals surface area contributed by atoms with Crippen LogP contribution in [0, 0.1) is 0 Å². The van der Waals surface area contributed by atoms with Crippen molar-refractivity contribution in [1.82, 2.24) is 5.32 Å². The molecule has 1 fully saturated rings. The zero-order valence-corrected chi connectivity index (χ0v) is 22.7. The van der Waals surface area contributed by atoms with Gasteiger partial charge in [0, 0.05) is 43.6 Å². The lowest BCUT2D eigenvalue weighted by Gasteiger charge is -2.42. The summed E-state index contributed by atoms with van der Waals surface area (Å²) in [5, 5.41) is 33.1. The van der Waals surface area contributed by atoms with Crippen LogP contribution >= 0.6 is 23.2 Å². The Morgan fingerprint density at radius 2 is 1.75 bits per heavy atom. The molecule has 1 aliphatic heterocycles. The predicted octanol–water partition coefficient (Wildman–Crippen LogP) is 2.81. The first kappa shape index (κ1) is 31.1. The van der Waals surface area contributed by atoms with Crippen LogP contribution in [0.3, 0.4) is 0 Å². The van der Waals surface area contributed by atoms with E-state index < -0.39 is 37.3 Å². The third kappa shape index (κ3) is 9.97. The van der Waals surface area contributed by atoms with Crippen molar-refractivity contribution < 1.29 is 29.6 Å². The molecule has 36 heavy (non-hydrogen) atoms. The van der Waals surface area contributed by atoms with Gasteiger partial charge in [-0.1, -0.05) is 38.3 Å². The normalized spacial score (nSPS) is 24.0. The van der Waals surface area contributed by atoms with E-state index in [0.29, 0.717) is 24.8 Å². The van der Waals surface area contributed by atoms with E-state index in [2.05, 4.69) is 17.1 Å². The van der Waals surface area contributed by atoms with Gasteiger partial charge in [0.05, 0.1) is 6.61 Å². The molecule has 0 spiro atoms. The second kappa shape index (κ2) is 17.4. The van der Waals surface area contributed by atoms with Crippen LogP contribution in [0.4, 0.5) is 5.69 Å². The van der Waals surface area contributed by atoms with Gasteiger partial charge in [0.1, 0.15) is 24.4 Å². The highest BCUT2D eigenvalue weighted by atomic mass is 35.5. The quantitative estimate of drug-likeness (QED) is 0.175. The topological polar surface area (TPSA) is 111 Å². The van der Waals surface area contributed by atoms with E-state index in [9.17, 15) is 20.1 Å². The zero-order chi connectivity index (χ0) is 26.3.